The van der Waals surface area contributed by atoms with Crippen molar-refractivity contribution in [2.45, 2.75) is 242 Å². The summed E-state index contributed by atoms with van der Waals surface area (Å²) in [4.78, 5) is 25.2. The second-order valence-electron chi connectivity index (χ2n) is 24.4. The molecule has 0 aromatic rings. The minimum absolute atomic E-state index is 0.136. The number of hydrogen-bond acceptors (Lipinski definition) is 34. The molecule has 0 spiro atoms. The fraction of sp³-hybridized carbons (Fsp3) is 0.963. The molecule has 0 amide bonds. The summed E-state index contributed by atoms with van der Waals surface area (Å²) in [5.74, 6) is -8.08. The van der Waals surface area contributed by atoms with Crippen LogP contribution in [0.4, 0.5) is 0 Å². The number of rotatable bonds is 12. The van der Waals surface area contributed by atoms with Gasteiger partial charge in [-0.1, -0.05) is 0 Å². The number of aliphatic hydroxyl groups excluding tert-OH is 20. The van der Waals surface area contributed by atoms with Crippen molar-refractivity contribution in [2.75, 3.05) is 52.9 Å². The predicted molar refractivity (Wildman–Crippen MR) is 280 cm³/mol. The van der Waals surface area contributed by atoms with Gasteiger partial charge in [0.2, 0.25) is 0 Å². The van der Waals surface area contributed by atoms with Crippen LogP contribution < -0.4 is 0 Å². The second-order valence-corrected chi connectivity index (χ2v) is 24.4. The maximum atomic E-state index is 13.0. The van der Waals surface area contributed by atoms with Crippen LogP contribution in [0.2, 0.25) is 0 Å². The minimum Gasteiger partial charge on any atom is -0.463 e. The highest BCUT2D eigenvalue weighted by molar-refractivity contribution is 5.77. The third-order valence-corrected chi connectivity index (χ3v) is 18.5. The fourth-order valence-corrected chi connectivity index (χ4v) is 13.4. The Morgan fingerprint density at radius 2 is 0.864 bits per heavy atom. The number of aliphatic hydroxyl groups is 20. The molecule has 510 valence electrons. The Kier molecular flexibility index (Phi) is 25.9. The van der Waals surface area contributed by atoms with Crippen LogP contribution in [0, 0.1) is 29.6 Å². The monoisotopic (exact) mass is 1280 g/mol. The van der Waals surface area contributed by atoms with Gasteiger partial charge in [0, 0.05) is 29.6 Å². The molecule has 1 unspecified atom stereocenters. The first kappa shape index (κ1) is 71.6. The molecule has 14 bridgehead atoms. The molecule has 0 aliphatic carbocycles. The molecule has 21 heterocycles. The van der Waals surface area contributed by atoms with E-state index in [2.05, 4.69) is 0 Å². The van der Waals surface area contributed by atoms with Gasteiger partial charge in [-0.05, 0) is 45.4 Å². The van der Waals surface area contributed by atoms with Crippen LogP contribution in [-0.4, -0.2) is 351 Å². The summed E-state index contributed by atoms with van der Waals surface area (Å²) in [6.45, 7) is -4.59. The van der Waals surface area contributed by atoms with Gasteiger partial charge in [0.05, 0.1) is 132 Å². The van der Waals surface area contributed by atoms with Crippen molar-refractivity contribution in [3.8, 4) is 0 Å². The molecule has 21 aliphatic rings. The van der Waals surface area contributed by atoms with E-state index in [4.69, 9.17) is 56.8 Å². The first-order valence-electron chi connectivity index (χ1n) is 29.9. The third kappa shape index (κ3) is 16.1. The Labute approximate surface area is 504 Å². The highest BCUT2D eigenvalue weighted by Crippen LogP contribution is 2.42. The minimum atomic E-state index is -2.12. The van der Waals surface area contributed by atoms with Crippen LogP contribution in [-0.2, 0) is 66.4 Å². The molecule has 21 saturated heterocycles. The van der Waals surface area contributed by atoms with Gasteiger partial charge in [-0.25, -0.2) is 0 Å². The van der Waals surface area contributed by atoms with Gasteiger partial charge in [0.15, 0.2) is 25.2 Å². The zero-order valence-corrected chi connectivity index (χ0v) is 48.2. The smallest absolute Gasteiger partial charge is 0.306 e. The summed E-state index contributed by atoms with van der Waals surface area (Å²) >= 11 is 0. The van der Waals surface area contributed by atoms with Crippen LogP contribution in [0.15, 0.2) is 0 Å². The second kappa shape index (κ2) is 31.8. The summed E-state index contributed by atoms with van der Waals surface area (Å²) in [5.41, 5.74) is 0. The Bertz CT molecular complexity index is 2150. The molecule has 20 N–H and O–H groups in total. The normalized spacial score (nSPS) is 49.6. The molecule has 0 aromatic carbocycles. The molecule has 0 aromatic heterocycles. The topological polar surface area (TPSA) is 550 Å². The molecular formula is C54H90O34. The van der Waals surface area contributed by atoms with Crippen LogP contribution in [0.5, 0.6) is 0 Å². The first-order chi connectivity index (χ1) is 41.8. The first-order valence-corrected chi connectivity index (χ1v) is 29.9. The van der Waals surface area contributed by atoms with E-state index in [1.54, 1.807) is 0 Å². The van der Waals surface area contributed by atoms with Crippen LogP contribution in [0.25, 0.3) is 0 Å². The van der Waals surface area contributed by atoms with Crippen LogP contribution >= 0.6 is 0 Å². The van der Waals surface area contributed by atoms with Crippen molar-refractivity contribution in [3.05, 3.63) is 0 Å². The van der Waals surface area contributed by atoms with E-state index in [1.165, 1.54) is 6.92 Å². The van der Waals surface area contributed by atoms with Crippen molar-refractivity contribution >= 4 is 11.9 Å². The molecular weight excluding hydrogens is 1190 g/mol. The molecule has 88 heavy (non-hydrogen) atoms. The Hall–Kier alpha value is -2.26. The summed E-state index contributed by atoms with van der Waals surface area (Å²) < 4.78 is 69.5. The Morgan fingerprint density at radius 1 is 0.409 bits per heavy atom. The van der Waals surface area contributed by atoms with E-state index in [9.17, 15) is 112 Å². The van der Waals surface area contributed by atoms with Gasteiger partial charge in [-0.15, -0.1) is 0 Å². The van der Waals surface area contributed by atoms with Gasteiger partial charge in [0.25, 0.3) is 0 Å². The van der Waals surface area contributed by atoms with Crippen molar-refractivity contribution < 1.29 is 169 Å². The maximum Gasteiger partial charge on any atom is 0.306 e. The molecule has 35 atom stereocenters. The summed E-state index contributed by atoms with van der Waals surface area (Å²) in [6, 6.07) is 0. The zero-order valence-electron chi connectivity index (χ0n) is 48.2. The molecule has 0 radical (unpaired) electrons. The van der Waals surface area contributed by atoms with E-state index in [0.717, 1.165) is 0 Å². The summed E-state index contributed by atoms with van der Waals surface area (Å²) in [6.07, 6.45) is -53.0. The van der Waals surface area contributed by atoms with Gasteiger partial charge >= 0.3 is 11.9 Å². The van der Waals surface area contributed by atoms with Crippen molar-refractivity contribution in [1.29, 1.82) is 0 Å². The van der Waals surface area contributed by atoms with E-state index in [1.807, 2.05) is 0 Å². The average Bonchev–Trinajstić information content (AvgIpc) is 2.36. The van der Waals surface area contributed by atoms with E-state index in [-0.39, 0.29) is 38.7 Å². The SMILES string of the molecule is CC(O)COC(=O)CCC(=O)OC[C@H]1O[C@@H]2O[C@H]3[C@H](O)[C@@H](O)[C@@H](C[C@H]4[C@H](O)[C@@H](O)[C@@H](O[C@H]5[C@H](O)[C@@H](O)[C@@H](CC[C@H]6[C@H](O)[C@@H](O)[C@@H](C[C@H]7[C@H](O)C[C@@H](C[C@H]8[C@H](O)[C@@H](O)[C@@H](OC[C@H]1[C@H](O)[C@H]2O)O[C@@H]8CO)O[C@@H]7CO)O[C@@H]6CO)O[C@@H]5CO)O[C@@H]4O)O[C@@H]3CO. The number of ether oxygens (including phenoxy) is 12. The largest absolute Gasteiger partial charge is 0.463 e. The predicted octanol–water partition coefficient (Wildman–Crippen LogP) is -10.7. The number of esters is 2. The zero-order chi connectivity index (χ0) is 64.2. The van der Waals surface area contributed by atoms with Crippen molar-refractivity contribution in [2.24, 2.45) is 29.6 Å². The van der Waals surface area contributed by atoms with Gasteiger partial charge in [-0.2, -0.15) is 0 Å². The molecule has 21 aliphatic heterocycles. The van der Waals surface area contributed by atoms with E-state index < -0.39 is 291 Å². The van der Waals surface area contributed by atoms with E-state index >= 15 is 0 Å². The number of carbonyl (C=O) groups is 2. The van der Waals surface area contributed by atoms with Crippen LogP contribution in [0.1, 0.15) is 58.3 Å². The number of carbonyl (C=O) groups excluding carboxylic acids is 2. The lowest BCUT2D eigenvalue weighted by Crippen LogP contribution is -2.65. The maximum absolute atomic E-state index is 13.0. The fourth-order valence-electron chi connectivity index (χ4n) is 13.4. The molecule has 34 heteroatoms. The summed E-state index contributed by atoms with van der Waals surface area (Å²) in [7, 11) is 0. The molecule has 0 saturated carbocycles. The summed E-state index contributed by atoms with van der Waals surface area (Å²) in [5, 5.41) is 223. The van der Waals surface area contributed by atoms with Gasteiger partial charge in [0.1, 0.15) is 92.6 Å². The lowest BCUT2D eigenvalue weighted by Gasteiger charge is -2.49. The standard InChI is InChI=1S/C54H90O34/c1-18(60)15-77-35(62)4-5-36(63)78-17-34-24-16-79-52-46(73)38(65)22(31(12-57)84-52)6-19-7-25(61)21(30(11-56)80-19)8-27-42(69)37(64)20(29(10-55)82-27)2-3-26-41(68)44(71)49(32(13-58)81-26)87-54-47(74)39(66)23(51(76)88-54)9-28-43(70)45(72)50(33(14-59)83-28)86-53(85-34)48(75)40(24)67/h18-34,37-61,64-76H,2-17H2,1H3/t18?,19-,20-,21+,22-,23+,24-,25-,26-,27-,28-,29-,30-,31-,32-,33-,34-,37+,38+,39+,40+,41+,42+,43+,44-,45-,46-,47-,48-,49-,50-,51+,52+,53-,54+/m1/s1. The lowest BCUT2D eigenvalue weighted by molar-refractivity contribution is -0.367. The Morgan fingerprint density at radius 3 is 1.45 bits per heavy atom. The molecule has 21 fully saturated rings. The third-order valence-electron chi connectivity index (χ3n) is 18.5. The molecule has 21 rings (SSSR count). The number of hydrogen-bond donors (Lipinski definition) is 20. The van der Waals surface area contributed by atoms with Gasteiger partial charge < -0.3 is 159 Å². The average molecular weight is 1280 g/mol. The van der Waals surface area contributed by atoms with E-state index in [0.29, 0.717) is 0 Å². The Balaban J connectivity index is 1.05. The van der Waals surface area contributed by atoms with Crippen molar-refractivity contribution in [1.82, 2.24) is 0 Å². The highest BCUT2D eigenvalue weighted by atomic mass is 16.8. The van der Waals surface area contributed by atoms with Crippen LogP contribution in [0.3, 0.4) is 0 Å². The quantitative estimate of drug-likeness (QED) is 0.0807. The van der Waals surface area contributed by atoms with Crippen molar-refractivity contribution in [3.63, 3.8) is 0 Å². The highest BCUT2D eigenvalue weighted by Gasteiger charge is 2.57. The molecule has 34 nitrogen and oxygen atoms in total. The lowest BCUT2D eigenvalue weighted by atomic mass is 9.76. The van der Waals surface area contributed by atoms with Gasteiger partial charge in [-0.3, -0.25) is 9.59 Å².